The molecule has 4 rings (SSSR count). The summed E-state index contributed by atoms with van der Waals surface area (Å²) in [5.74, 6) is 1.54. The molecule has 0 aliphatic carbocycles. The Morgan fingerprint density at radius 1 is 0.931 bits per heavy atom. The smallest absolute Gasteiger partial charge is 0.144 e. The average Bonchev–Trinajstić information content (AvgIpc) is 2.76. The lowest BCUT2D eigenvalue weighted by Crippen LogP contribution is -2.44. The third-order valence-corrected chi connectivity index (χ3v) is 5.03. The van der Waals surface area contributed by atoms with Gasteiger partial charge >= 0.3 is 0 Å². The zero-order valence-corrected chi connectivity index (χ0v) is 16.8. The van der Waals surface area contributed by atoms with Crippen LogP contribution in [0.4, 0.5) is 28.6 Å². The monoisotopic (exact) mass is 390 g/mol. The lowest BCUT2D eigenvalue weighted by Gasteiger charge is -2.34. The second kappa shape index (κ2) is 8.79. The molecule has 150 valence electrons. The Hall–Kier alpha value is -3.32. The normalized spacial score (nSPS) is 14.5. The van der Waals surface area contributed by atoms with Crippen LogP contribution in [-0.2, 0) is 0 Å². The molecule has 0 amide bonds. The molecule has 1 saturated heterocycles. The zero-order valence-electron chi connectivity index (χ0n) is 16.8. The van der Waals surface area contributed by atoms with Crippen LogP contribution in [0.3, 0.4) is 0 Å². The number of hydrogen-bond donors (Lipinski definition) is 2. The zero-order chi connectivity index (χ0) is 20.1. The third-order valence-electron chi connectivity index (χ3n) is 5.03. The number of likely N-dealkylation sites (N-methyl/N-ethyl adjacent to an activating group) is 1. The van der Waals surface area contributed by atoms with Crippen LogP contribution in [0.15, 0.2) is 61.1 Å². The molecular weight excluding hydrogens is 364 g/mol. The number of anilines is 5. The number of piperazine rings is 1. The maximum Gasteiger partial charge on any atom is 0.144 e. The van der Waals surface area contributed by atoms with Crippen molar-refractivity contribution in [2.75, 3.05) is 55.9 Å². The fourth-order valence-corrected chi connectivity index (χ4v) is 3.36. The molecule has 7 heteroatoms. The van der Waals surface area contributed by atoms with E-state index in [0.717, 1.165) is 54.8 Å². The third kappa shape index (κ3) is 4.75. The van der Waals surface area contributed by atoms with Crippen LogP contribution < -0.4 is 20.3 Å². The Kier molecular flexibility index (Phi) is 5.76. The quantitative estimate of drug-likeness (QED) is 0.665. The molecule has 0 bridgehead atoms. The number of methoxy groups -OCH3 is 1. The van der Waals surface area contributed by atoms with Crippen LogP contribution in [0, 0.1) is 0 Å². The summed E-state index contributed by atoms with van der Waals surface area (Å²) in [7, 11) is 3.86. The van der Waals surface area contributed by atoms with Crippen LogP contribution in [-0.4, -0.2) is 55.2 Å². The first-order valence-corrected chi connectivity index (χ1v) is 9.73. The maximum absolute atomic E-state index is 5.64. The van der Waals surface area contributed by atoms with Crippen molar-refractivity contribution >= 4 is 28.6 Å². The van der Waals surface area contributed by atoms with Gasteiger partial charge in [0.25, 0.3) is 0 Å². The molecule has 29 heavy (non-hydrogen) atoms. The van der Waals surface area contributed by atoms with Crippen molar-refractivity contribution < 1.29 is 4.74 Å². The summed E-state index contributed by atoms with van der Waals surface area (Å²) in [6.07, 6.45) is 5.31. The van der Waals surface area contributed by atoms with Crippen LogP contribution in [0.5, 0.6) is 5.75 Å². The van der Waals surface area contributed by atoms with Crippen LogP contribution >= 0.6 is 0 Å². The molecular formula is C22H26N6O. The van der Waals surface area contributed by atoms with Crippen molar-refractivity contribution in [1.29, 1.82) is 0 Å². The van der Waals surface area contributed by atoms with Gasteiger partial charge in [0.2, 0.25) is 0 Å². The number of rotatable bonds is 6. The Labute approximate surface area is 171 Å². The van der Waals surface area contributed by atoms with Gasteiger partial charge in [-0.05, 0) is 37.4 Å². The van der Waals surface area contributed by atoms with Crippen molar-refractivity contribution in [3.63, 3.8) is 0 Å². The molecule has 2 aromatic heterocycles. The fourth-order valence-electron chi connectivity index (χ4n) is 3.36. The molecule has 2 N–H and O–H groups in total. The maximum atomic E-state index is 5.64. The second-order valence-electron chi connectivity index (χ2n) is 7.10. The number of benzene rings is 1. The predicted molar refractivity (Wildman–Crippen MR) is 118 cm³/mol. The highest BCUT2D eigenvalue weighted by Crippen LogP contribution is 2.32. The lowest BCUT2D eigenvalue weighted by atomic mass is 10.2. The Morgan fingerprint density at radius 2 is 1.79 bits per heavy atom. The summed E-state index contributed by atoms with van der Waals surface area (Å²) in [5.41, 5.74) is 3.93. The van der Waals surface area contributed by atoms with Crippen molar-refractivity contribution in [3.8, 4) is 5.75 Å². The number of hydrogen-bond acceptors (Lipinski definition) is 7. The van der Waals surface area contributed by atoms with Crippen LogP contribution in [0.25, 0.3) is 0 Å². The predicted octanol–water partition coefficient (Wildman–Crippen LogP) is 3.72. The number of nitrogens with zero attached hydrogens (tertiary/aromatic N) is 4. The van der Waals surface area contributed by atoms with E-state index in [9.17, 15) is 0 Å². The number of pyridine rings is 2. The van der Waals surface area contributed by atoms with Gasteiger partial charge in [0, 0.05) is 62.1 Å². The second-order valence-corrected chi connectivity index (χ2v) is 7.10. The van der Waals surface area contributed by atoms with E-state index >= 15 is 0 Å². The van der Waals surface area contributed by atoms with Gasteiger partial charge in [-0.2, -0.15) is 0 Å². The van der Waals surface area contributed by atoms with E-state index in [4.69, 9.17) is 4.74 Å². The molecule has 0 saturated carbocycles. The molecule has 0 atom stereocenters. The highest BCUT2D eigenvalue weighted by molar-refractivity contribution is 5.71. The van der Waals surface area contributed by atoms with Crippen LogP contribution in [0.1, 0.15) is 0 Å². The molecule has 1 aromatic carbocycles. The average molecular weight is 390 g/mol. The van der Waals surface area contributed by atoms with E-state index in [1.165, 1.54) is 5.69 Å². The summed E-state index contributed by atoms with van der Waals surface area (Å²) < 4.78 is 5.64. The van der Waals surface area contributed by atoms with Crippen molar-refractivity contribution in [2.24, 2.45) is 0 Å². The molecule has 3 aromatic rings. The number of aromatic nitrogens is 2. The van der Waals surface area contributed by atoms with E-state index in [-0.39, 0.29) is 0 Å². The summed E-state index contributed by atoms with van der Waals surface area (Å²) in [4.78, 5) is 13.3. The van der Waals surface area contributed by atoms with E-state index in [1.807, 2.05) is 24.3 Å². The van der Waals surface area contributed by atoms with Gasteiger partial charge in [-0.1, -0.05) is 0 Å². The van der Waals surface area contributed by atoms with Gasteiger partial charge < -0.3 is 25.2 Å². The molecule has 0 spiro atoms. The van der Waals surface area contributed by atoms with Gasteiger partial charge in [0.15, 0.2) is 0 Å². The first kappa shape index (κ1) is 19.0. The van der Waals surface area contributed by atoms with Crippen molar-refractivity contribution in [3.05, 3.63) is 61.1 Å². The molecule has 0 unspecified atom stereocenters. The molecule has 1 aliphatic rings. The van der Waals surface area contributed by atoms with Gasteiger partial charge in [0.05, 0.1) is 24.7 Å². The van der Waals surface area contributed by atoms with Gasteiger partial charge in [0.1, 0.15) is 11.6 Å². The summed E-state index contributed by atoms with van der Waals surface area (Å²) in [5, 5.41) is 6.70. The van der Waals surface area contributed by atoms with Crippen molar-refractivity contribution in [1.82, 2.24) is 14.9 Å². The fraction of sp³-hybridized carbons (Fsp3) is 0.273. The van der Waals surface area contributed by atoms with E-state index in [1.54, 1.807) is 25.7 Å². The largest absolute Gasteiger partial charge is 0.494 e. The topological polar surface area (TPSA) is 65.6 Å². The number of ether oxygens (including phenoxy) is 1. The highest BCUT2D eigenvalue weighted by atomic mass is 16.5. The standard InChI is InChI=1S/C22H26N6O/c1-27-10-12-28(13-11-27)19-5-6-20(21(15-19)29-2)26-22-14-17(7-9-24-22)25-18-4-3-8-23-16-18/h3-9,14-16H,10-13H2,1-2H3,(H2,24,25,26). The van der Waals surface area contributed by atoms with E-state index < -0.39 is 0 Å². The molecule has 1 aliphatic heterocycles. The van der Waals surface area contributed by atoms with Crippen LogP contribution in [0.2, 0.25) is 0 Å². The molecule has 7 nitrogen and oxygen atoms in total. The highest BCUT2D eigenvalue weighted by Gasteiger charge is 2.16. The van der Waals surface area contributed by atoms with E-state index in [0.29, 0.717) is 0 Å². The first-order valence-electron chi connectivity index (χ1n) is 9.73. The first-order chi connectivity index (χ1) is 14.2. The van der Waals surface area contributed by atoms with Crippen molar-refractivity contribution in [2.45, 2.75) is 0 Å². The Balaban J connectivity index is 1.49. The SMILES string of the molecule is COc1cc(N2CCN(C)CC2)ccc1Nc1cc(Nc2cccnc2)ccn1. The summed E-state index contributed by atoms with van der Waals surface area (Å²) in [6.45, 7) is 4.19. The summed E-state index contributed by atoms with van der Waals surface area (Å²) in [6, 6.07) is 14.0. The molecule has 1 fully saturated rings. The minimum atomic E-state index is 0.740. The minimum absolute atomic E-state index is 0.740. The molecule has 0 radical (unpaired) electrons. The van der Waals surface area contributed by atoms with Gasteiger partial charge in [-0.25, -0.2) is 4.98 Å². The summed E-state index contributed by atoms with van der Waals surface area (Å²) >= 11 is 0. The van der Waals surface area contributed by atoms with Gasteiger partial charge in [-0.3, -0.25) is 4.98 Å². The Morgan fingerprint density at radius 3 is 2.55 bits per heavy atom. The molecule has 3 heterocycles. The minimum Gasteiger partial charge on any atom is -0.494 e. The lowest BCUT2D eigenvalue weighted by molar-refractivity contribution is 0.312. The van der Waals surface area contributed by atoms with Gasteiger partial charge in [-0.15, -0.1) is 0 Å². The Bertz CT molecular complexity index is 941. The van der Waals surface area contributed by atoms with E-state index in [2.05, 4.69) is 55.6 Å². The number of nitrogens with one attached hydrogen (secondary N) is 2.